The van der Waals surface area contributed by atoms with Gasteiger partial charge in [-0.1, -0.05) is 0 Å². The molecule has 10 nitrogen and oxygen atoms in total. The minimum atomic E-state index is -5.14. The summed E-state index contributed by atoms with van der Waals surface area (Å²) in [7, 11) is -10.2. The Hall–Kier alpha value is -0.730. The van der Waals surface area contributed by atoms with Crippen LogP contribution in [-0.4, -0.2) is 25.8 Å². The van der Waals surface area contributed by atoms with Gasteiger partial charge in [-0.25, -0.2) is 13.9 Å². The molecule has 0 aliphatic rings. The van der Waals surface area contributed by atoms with Crippen molar-refractivity contribution < 1.29 is 47.6 Å². The summed E-state index contributed by atoms with van der Waals surface area (Å²) in [4.78, 5) is 34.8. The van der Waals surface area contributed by atoms with Gasteiger partial charge in [-0.15, -0.1) is 9.35 Å². The summed E-state index contributed by atoms with van der Waals surface area (Å²) in [5, 5.41) is 8.17. The van der Waals surface area contributed by atoms with Gasteiger partial charge in [-0.2, -0.15) is 0 Å². The standard InChI is InChI=1S/C3H6O10P2/c1-2(3(4)5)11-15(9,10)13-12-14(6,7)8/h1H2,(H,4,5)(H,9,10)(H2,6,7,8). The topological polar surface area (TPSA) is 160 Å². The molecule has 15 heavy (non-hydrogen) atoms. The Morgan fingerprint density at radius 3 is 1.93 bits per heavy atom. The van der Waals surface area contributed by atoms with Crippen LogP contribution in [0.2, 0.25) is 0 Å². The quantitative estimate of drug-likeness (QED) is 0.165. The van der Waals surface area contributed by atoms with E-state index in [1.807, 2.05) is 0 Å². The Labute approximate surface area is 82.5 Å². The maximum Gasteiger partial charge on any atom is 0.555 e. The van der Waals surface area contributed by atoms with Crippen LogP contribution in [0.25, 0.3) is 0 Å². The smallest absolute Gasteiger partial charge is 0.475 e. The molecule has 0 fully saturated rings. The van der Waals surface area contributed by atoms with Gasteiger partial charge in [0.2, 0.25) is 5.76 Å². The molecule has 4 N–H and O–H groups in total. The minimum absolute atomic E-state index is 1.16. The van der Waals surface area contributed by atoms with E-state index in [1.165, 1.54) is 0 Å². The summed E-state index contributed by atoms with van der Waals surface area (Å²) < 4.78 is 30.9. The monoisotopic (exact) mass is 264 g/mol. The molecule has 0 aromatic heterocycles. The molecule has 0 aromatic carbocycles. The van der Waals surface area contributed by atoms with Gasteiger partial charge >= 0.3 is 21.6 Å². The van der Waals surface area contributed by atoms with E-state index >= 15 is 0 Å². The minimum Gasteiger partial charge on any atom is -0.475 e. The van der Waals surface area contributed by atoms with Crippen LogP contribution in [0.3, 0.4) is 0 Å². The lowest BCUT2D eigenvalue weighted by atomic mass is 10.6. The summed E-state index contributed by atoms with van der Waals surface area (Å²) in [5.41, 5.74) is 0. The fraction of sp³-hybridized carbons (Fsp3) is 0. The fourth-order valence-corrected chi connectivity index (χ4v) is 1.35. The number of aliphatic carboxylic acids is 1. The van der Waals surface area contributed by atoms with E-state index in [2.05, 4.69) is 20.5 Å². The number of phosphoric ester groups is 1. The highest BCUT2D eigenvalue weighted by atomic mass is 31.2. The predicted octanol–water partition coefficient (Wildman–Crippen LogP) is -0.257. The van der Waals surface area contributed by atoms with Crippen LogP contribution >= 0.6 is 15.6 Å². The van der Waals surface area contributed by atoms with E-state index in [9.17, 15) is 13.9 Å². The van der Waals surface area contributed by atoms with Crippen LogP contribution < -0.4 is 0 Å². The van der Waals surface area contributed by atoms with E-state index in [4.69, 9.17) is 19.8 Å². The van der Waals surface area contributed by atoms with Gasteiger partial charge in [-0.05, 0) is 6.58 Å². The molecule has 88 valence electrons. The molecule has 0 amide bonds. The van der Waals surface area contributed by atoms with Gasteiger partial charge in [0.25, 0.3) is 0 Å². The zero-order chi connectivity index (χ0) is 12.3. The van der Waals surface area contributed by atoms with E-state index in [-0.39, 0.29) is 0 Å². The normalized spacial score (nSPS) is 15.4. The van der Waals surface area contributed by atoms with Crippen LogP contribution in [0.1, 0.15) is 0 Å². The van der Waals surface area contributed by atoms with Crippen molar-refractivity contribution >= 4 is 21.6 Å². The number of rotatable bonds is 6. The lowest BCUT2D eigenvalue weighted by Gasteiger charge is -2.11. The first kappa shape index (κ1) is 14.3. The SMILES string of the molecule is C=C(OP(=O)(O)OOP(=O)(O)O)C(=O)O. The van der Waals surface area contributed by atoms with E-state index < -0.39 is 27.4 Å². The highest BCUT2D eigenvalue weighted by Crippen LogP contribution is 2.50. The van der Waals surface area contributed by atoms with Gasteiger partial charge in [0.05, 0.1) is 0 Å². The maximum absolute atomic E-state index is 10.7. The second-order valence-electron chi connectivity index (χ2n) is 1.93. The van der Waals surface area contributed by atoms with Crippen LogP contribution in [0.5, 0.6) is 0 Å². The van der Waals surface area contributed by atoms with Crippen molar-refractivity contribution in [2.45, 2.75) is 0 Å². The molecular formula is C3H6O10P2. The number of carbonyl (C=O) groups is 1. The first-order valence-corrected chi connectivity index (χ1v) is 5.94. The predicted molar refractivity (Wildman–Crippen MR) is 41.9 cm³/mol. The van der Waals surface area contributed by atoms with Crippen molar-refractivity contribution in [2.75, 3.05) is 0 Å². The van der Waals surface area contributed by atoms with Crippen molar-refractivity contribution in [1.29, 1.82) is 0 Å². The van der Waals surface area contributed by atoms with Gasteiger partial charge in [0, 0.05) is 0 Å². The third-order valence-corrected chi connectivity index (χ3v) is 1.79. The fourth-order valence-electron chi connectivity index (χ4n) is 0.279. The number of hydrogen-bond donors (Lipinski definition) is 4. The maximum atomic E-state index is 10.7. The third-order valence-electron chi connectivity index (χ3n) is 0.689. The van der Waals surface area contributed by atoms with Crippen LogP contribution in [0, 0.1) is 0 Å². The third kappa shape index (κ3) is 7.23. The molecule has 0 aromatic rings. The average molecular weight is 264 g/mol. The van der Waals surface area contributed by atoms with Crippen molar-refractivity contribution in [3.8, 4) is 0 Å². The van der Waals surface area contributed by atoms with E-state index in [0.717, 1.165) is 0 Å². The lowest BCUT2D eigenvalue weighted by Crippen LogP contribution is -2.03. The van der Waals surface area contributed by atoms with Crippen LogP contribution in [-0.2, 0) is 27.8 Å². The largest absolute Gasteiger partial charge is 0.555 e. The van der Waals surface area contributed by atoms with Crippen LogP contribution in [0.15, 0.2) is 12.3 Å². The molecule has 0 rings (SSSR count). The van der Waals surface area contributed by atoms with Gasteiger partial charge in [-0.3, -0.25) is 4.89 Å². The van der Waals surface area contributed by atoms with E-state index in [1.54, 1.807) is 0 Å². The highest BCUT2D eigenvalue weighted by Gasteiger charge is 2.31. The van der Waals surface area contributed by atoms with Crippen molar-refractivity contribution in [1.82, 2.24) is 0 Å². The second kappa shape index (κ2) is 4.86. The molecule has 0 saturated carbocycles. The van der Waals surface area contributed by atoms with Gasteiger partial charge in [0.15, 0.2) is 0 Å². The Kier molecular flexibility index (Phi) is 4.63. The van der Waals surface area contributed by atoms with Crippen molar-refractivity contribution in [3.05, 3.63) is 12.3 Å². The second-order valence-corrected chi connectivity index (χ2v) is 4.33. The van der Waals surface area contributed by atoms with Gasteiger partial charge < -0.3 is 19.4 Å². The highest BCUT2D eigenvalue weighted by molar-refractivity contribution is 7.49. The summed E-state index contributed by atoms with van der Waals surface area (Å²) in [6, 6.07) is 0. The Balaban J connectivity index is 4.33. The molecule has 0 spiro atoms. The molecule has 12 heteroatoms. The number of carboxylic acids is 1. The van der Waals surface area contributed by atoms with Gasteiger partial charge in [0.1, 0.15) is 0 Å². The molecule has 0 bridgehead atoms. The summed E-state index contributed by atoms with van der Waals surface area (Å²) in [5.74, 6) is -2.92. The molecule has 0 radical (unpaired) electrons. The summed E-state index contributed by atoms with van der Waals surface area (Å²) in [6.45, 7) is 2.70. The van der Waals surface area contributed by atoms with Crippen molar-refractivity contribution in [3.63, 3.8) is 0 Å². The molecule has 0 heterocycles. The number of phosphoric acid groups is 2. The van der Waals surface area contributed by atoms with Crippen molar-refractivity contribution in [2.24, 2.45) is 0 Å². The Morgan fingerprint density at radius 2 is 1.60 bits per heavy atom. The molecule has 0 aliphatic carbocycles. The molecule has 1 unspecified atom stereocenters. The zero-order valence-electron chi connectivity index (χ0n) is 6.84. The molecule has 0 saturated heterocycles. The molecule has 0 aliphatic heterocycles. The Morgan fingerprint density at radius 1 is 1.13 bits per heavy atom. The first-order chi connectivity index (χ1) is 6.53. The first-order valence-electron chi connectivity index (χ1n) is 2.91. The number of carboxylic acid groups (broad SMARTS) is 1. The lowest BCUT2D eigenvalue weighted by molar-refractivity contribution is -0.148. The number of hydrogen-bond acceptors (Lipinski definition) is 6. The Bertz CT molecular complexity index is 352. The summed E-state index contributed by atoms with van der Waals surface area (Å²) >= 11 is 0. The van der Waals surface area contributed by atoms with E-state index in [0.29, 0.717) is 0 Å². The molecule has 1 atom stereocenters. The molecular weight excluding hydrogens is 258 g/mol. The summed E-state index contributed by atoms with van der Waals surface area (Å²) in [6.07, 6.45) is 0. The van der Waals surface area contributed by atoms with Crippen LogP contribution in [0.4, 0.5) is 0 Å². The zero-order valence-corrected chi connectivity index (χ0v) is 8.63. The average Bonchev–Trinajstić information content (AvgIpc) is 1.99.